The van der Waals surface area contributed by atoms with Crippen molar-refractivity contribution >= 4 is 23.2 Å². The van der Waals surface area contributed by atoms with Crippen molar-refractivity contribution < 1.29 is 9.59 Å². The number of aryl methyl sites for hydroxylation is 1. The van der Waals surface area contributed by atoms with Crippen LogP contribution in [0.15, 0.2) is 42.6 Å². The molecule has 5 heteroatoms. The number of anilines is 2. The molecule has 2 N–H and O–H groups in total. The predicted molar refractivity (Wildman–Crippen MR) is 77.7 cm³/mol. The monoisotopic (exact) mass is 269 g/mol. The first-order valence-electron chi connectivity index (χ1n) is 6.16. The number of aromatic nitrogens is 1. The average Bonchev–Trinajstić information content (AvgIpc) is 2.38. The fourth-order valence-corrected chi connectivity index (χ4v) is 1.77. The molecule has 1 aromatic heterocycles. The standard InChI is InChI=1S/C15H15N3O2/c1-10-8-14(6-7-16-10)18-15(20)12-4-3-5-13(9-12)17-11(2)19/h3-9H,1-2H3,(H,17,19)(H,16,18,20). The summed E-state index contributed by atoms with van der Waals surface area (Å²) in [6, 6.07) is 10.3. The lowest BCUT2D eigenvalue weighted by Crippen LogP contribution is -2.13. The minimum Gasteiger partial charge on any atom is -0.326 e. The maximum Gasteiger partial charge on any atom is 0.255 e. The third kappa shape index (κ3) is 3.65. The van der Waals surface area contributed by atoms with E-state index in [0.717, 1.165) is 5.69 Å². The molecule has 102 valence electrons. The number of nitrogens with zero attached hydrogens (tertiary/aromatic N) is 1. The lowest BCUT2D eigenvalue weighted by molar-refractivity contribution is -0.114. The molecule has 0 aliphatic heterocycles. The van der Waals surface area contributed by atoms with Crippen LogP contribution in [0.5, 0.6) is 0 Å². The fraction of sp³-hybridized carbons (Fsp3) is 0.133. The van der Waals surface area contributed by atoms with E-state index in [2.05, 4.69) is 15.6 Å². The summed E-state index contributed by atoms with van der Waals surface area (Å²) < 4.78 is 0. The number of pyridine rings is 1. The first-order valence-corrected chi connectivity index (χ1v) is 6.16. The molecule has 0 unspecified atom stereocenters. The quantitative estimate of drug-likeness (QED) is 0.899. The molecule has 0 fully saturated rings. The van der Waals surface area contributed by atoms with Gasteiger partial charge in [0, 0.05) is 35.8 Å². The third-order valence-electron chi connectivity index (χ3n) is 2.60. The van der Waals surface area contributed by atoms with Gasteiger partial charge in [-0.25, -0.2) is 0 Å². The Morgan fingerprint density at radius 1 is 1.05 bits per heavy atom. The summed E-state index contributed by atoms with van der Waals surface area (Å²) in [5.41, 5.74) is 2.59. The number of benzene rings is 1. The van der Waals surface area contributed by atoms with Gasteiger partial charge < -0.3 is 10.6 Å². The van der Waals surface area contributed by atoms with Crippen molar-refractivity contribution in [2.24, 2.45) is 0 Å². The average molecular weight is 269 g/mol. The number of hydrogen-bond acceptors (Lipinski definition) is 3. The van der Waals surface area contributed by atoms with Gasteiger partial charge in [-0.15, -0.1) is 0 Å². The zero-order valence-electron chi connectivity index (χ0n) is 11.3. The molecule has 5 nitrogen and oxygen atoms in total. The zero-order valence-corrected chi connectivity index (χ0v) is 11.3. The molecule has 0 aliphatic rings. The Kier molecular flexibility index (Phi) is 4.10. The van der Waals surface area contributed by atoms with E-state index >= 15 is 0 Å². The number of carbonyl (C=O) groups excluding carboxylic acids is 2. The van der Waals surface area contributed by atoms with Gasteiger partial charge in [-0.05, 0) is 37.3 Å². The van der Waals surface area contributed by atoms with Crippen molar-refractivity contribution in [3.63, 3.8) is 0 Å². The molecular formula is C15H15N3O2. The highest BCUT2D eigenvalue weighted by atomic mass is 16.2. The molecular weight excluding hydrogens is 254 g/mol. The molecule has 1 heterocycles. The Morgan fingerprint density at radius 3 is 2.50 bits per heavy atom. The fourth-order valence-electron chi connectivity index (χ4n) is 1.77. The number of carbonyl (C=O) groups is 2. The molecule has 0 atom stereocenters. The van der Waals surface area contributed by atoms with E-state index in [1.165, 1.54) is 6.92 Å². The van der Waals surface area contributed by atoms with Crippen LogP contribution in [-0.4, -0.2) is 16.8 Å². The number of hydrogen-bond donors (Lipinski definition) is 2. The molecule has 0 saturated carbocycles. The van der Waals surface area contributed by atoms with E-state index in [-0.39, 0.29) is 11.8 Å². The minimum atomic E-state index is -0.234. The van der Waals surface area contributed by atoms with Crippen LogP contribution in [-0.2, 0) is 4.79 Å². The second-order valence-corrected chi connectivity index (χ2v) is 4.40. The van der Waals surface area contributed by atoms with Crippen molar-refractivity contribution in [3.8, 4) is 0 Å². The van der Waals surface area contributed by atoms with E-state index in [9.17, 15) is 9.59 Å². The van der Waals surface area contributed by atoms with E-state index in [1.807, 2.05) is 6.92 Å². The molecule has 0 radical (unpaired) electrons. The van der Waals surface area contributed by atoms with Gasteiger partial charge in [0.2, 0.25) is 5.91 Å². The normalized spacial score (nSPS) is 9.90. The van der Waals surface area contributed by atoms with Gasteiger partial charge in [0.15, 0.2) is 0 Å². The molecule has 20 heavy (non-hydrogen) atoms. The Labute approximate surface area is 117 Å². The van der Waals surface area contributed by atoms with Crippen LogP contribution in [0.25, 0.3) is 0 Å². The number of amides is 2. The van der Waals surface area contributed by atoms with Crippen molar-refractivity contribution in [1.82, 2.24) is 4.98 Å². The zero-order chi connectivity index (χ0) is 14.5. The Morgan fingerprint density at radius 2 is 1.80 bits per heavy atom. The molecule has 2 rings (SSSR count). The predicted octanol–water partition coefficient (Wildman–Crippen LogP) is 2.60. The van der Waals surface area contributed by atoms with Crippen LogP contribution in [0.3, 0.4) is 0 Å². The molecule has 1 aromatic carbocycles. The van der Waals surface area contributed by atoms with Gasteiger partial charge in [0.05, 0.1) is 0 Å². The molecule has 0 saturated heterocycles. The molecule has 0 aliphatic carbocycles. The first-order chi connectivity index (χ1) is 9.54. The number of nitrogens with one attached hydrogen (secondary N) is 2. The van der Waals surface area contributed by atoms with Crippen molar-refractivity contribution in [3.05, 3.63) is 53.9 Å². The van der Waals surface area contributed by atoms with E-state index < -0.39 is 0 Å². The van der Waals surface area contributed by atoms with Crippen LogP contribution in [0, 0.1) is 6.92 Å². The van der Waals surface area contributed by atoms with E-state index in [0.29, 0.717) is 16.9 Å². The summed E-state index contributed by atoms with van der Waals surface area (Å²) in [5, 5.41) is 5.43. The van der Waals surface area contributed by atoms with Gasteiger partial charge in [-0.3, -0.25) is 14.6 Å². The molecule has 2 amide bonds. The van der Waals surface area contributed by atoms with E-state index in [1.54, 1.807) is 42.6 Å². The van der Waals surface area contributed by atoms with Gasteiger partial charge in [0.25, 0.3) is 5.91 Å². The van der Waals surface area contributed by atoms with Crippen molar-refractivity contribution in [2.45, 2.75) is 13.8 Å². The maximum atomic E-state index is 12.1. The third-order valence-corrected chi connectivity index (χ3v) is 2.60. The molecule has 0 bridgehead atoms. The van der Waals surface area contributed by atoms with Crippen LogP contribution in [0.2, 0.25) is 0 Å². The van der Waals surface area contributed by atoms with Gasteiger partial charge in [-0.2, -0.15) is 0 Å². The van der Waals surface area contributed by atoms with E-state index in [4.69, 9.17) is 0 Å². The van der Waals surface area contributed by atoms with Crippen LogP contribution >= 0.6 is 0 Å². The summed E-state index contributed by atoms with van der Waals surface area (Å²) >= 11 is 0. The SMILES string of the molecule is CC(=O)Nc1cccc(C(=O)Nc2ccnc(C)c2)c1. The second kappa shape index (κ2) is 5.97. The summed E-state index contributed by atoms with van der Waals surface area (Å²) in [4.78, 5) is 27.2. The highest BCUT2D eigenvalue weighted by Crippen LogP contribution is 2.13. The van der Waals surface area contributed by atoms with Crippen LogP contribution < -0.4 is 10.6 Å². The molecule has 2 aromatic rings. The Balaban J connectivity index is 2.15. The second-order valence-electron chi connectivity index (χ2n) is 4.40. The number of rotatable bonds is 3. The van der Waals surface area contributed by atoms with Gasteiger partial charge in [0.1, 0.15) is 0 Å². The Bertz CT molecular complexity index is 653. The largest absolute Gasteiger partial charge is 0.326 e. The summed E-state index contributed by atoms with van der Waals surface area (Å²) in [6.07, 6.45) is 1.64. The summed E-state index contributed by atoms with van der Waals surface area (Å²) in [6.45, 7) is 3.28. The topological polar surface area (TPSA) is 71.1 Å². The lowest BCUT2D eigenvalue weighted by Gasteiger charge is -2.07. The van der Waals surface area contributed by atoms with Crippen molar-refractivity contribution in [2.75, 3.05) is 10.6 Å². The highest BCUT2D eigenvalue weighted by Gasteiger charge is 2.07. The summed E-state index contributed by atoms with van der Waals surface area (Å²) in [7, 11) is 0. The smallest absolute Gasteiger partial charge is 0.255 e. The van der Waals surface area contributed by atoms with Gasteiger partial charge >= 0.3 is 0 Å². The molecule has 0 spiro atoms. The van der Waals surface area contributed by atoms with Gasteiger partial charge in [-0.1, -0.05) is 6.07 Å². The lowest BCUT2D eigenvalue weighted by atomic mass is 10.2. The summed E-state index contributed by atoms with van der Waals surface area (Å²) in [5.74, 6) is -0.407. The Hall–Kier alpha value is -2.69. The highest BCUT2D eigenvalue weighted by molar-refractivity contribution is 6.05. The minimum absolute atomic E-state index is 0.174. The first kappa shape index (κ1) is 13.7. The van der Waals surface area contributed by atoms with Crippen molar-refractivity contribution in [1.29, 1.82) is 0 Å². The maximum absolute atomic E-state index is 12.1. The van der Waals surface area contributed by atoms with Crippen LogP contribution in [0.1, 0.15) is 23.0 Å². The van der Waals surface area contributed by atoms with Crippen LogP contribution in [0.4, 0.5) is 11.4 Å².